The largest absolute Gasteiger partial charge is 0.491 e. The number of rotatable bonds is 5. The Labute approximate surface area is 125 Å². The molecule has 102 valence electrons. The number of benzene rings is 1. The van der Waals surface area contributed by atoms with Crippen molar-refractivity contribution < 1.29 is 4.74 Å². The van der Waals surface area contributed by atoms with Crippen molar-refractivity contribution in [2.45, 2.75) is 13.5 Å². The monoisotopic (exact) mass is 344 g/mol. The van der Waals surface area contributed by atoms with Crippen LogP contribution < -0.4 is 10.1 Å². The fourth-order valence-corrected chi connectivity index (χ4v) is 2.56. The highest BCUT2D eigenvalue weighted by atomic mass is 79.9. The molecule has 7 heteroatoms. The minimum absolute atomic E-state index is 0.585. The maximum Gasteiger partial charge on any atom is 0.156 e. The Morgan fingerprint density at radius 3 is 2.89 bits per heavy atom. The van der Waals surface area contributed by atoms with Crippen molar-refractivity contribution in [1.82, 2.24) is 15.0 Å². The van der Waals surface area contributed by atoms with Crippen LogP contribution in [-0.2, 0) is 13.6 Å². The Morgan fingerprint density at radius 1 is 1.47 bits per heavy atom. The molecular weight excluding hydrogens is 332 g/mol. The highest BCUT2D eigenvalue weighted by Gasteiger charge is 2.10. The van der Waals surface area contributed by atoms with Gasteiger partial charge in [0.2, 0.25) is 0 Å². The van der Waals surface area contributed by atoms with Gasteiger partial charge in [0.15, 0.2) is 5.75 Å². The summed E-state index contributed by atoms with van der Waals surface area (Å²) in [6, 6.07) is 3.64. The van der Waals surface area contributed by atoms with Gasteiger partial charge < -0.3 is 10.1 Å². The van der Waals surface area contributed by atoms with Crippen LogP contribution in [0.1, 0.15) is 12.6 Å². The molecule has 1 aromatic heterocycles. The third kappa shape index (κ3) is 3.39. The number of nitrogens with one attached hydrogen (secondary N) is 1. The van der Waals surface area contributed by atoms with Crippen LogP contribution in [0, 0.1) is 0 Å². The third-order valence-corrected chi connectivity index (χ3v) is 3.37. The van der Waals surface area contributed by atoms with Crippen molar-refractivity contribution in [2.75, 3.05) is 11.9 Å². The second kappa shape index (κ2) is 6.25. The summed E-state index contributed by atoms with van der Waals surface area (Å²) in [6.07, 6.45) is 1.72. The molecule has 5 nitrogen and oxygen atoms in total. The fraction of sp³-hybridized carbons (Fsp3) is 0.333. The number of hydrogen-bond acceptors (Lipinski definition) is 4. The number of nitrogens with zero attached hydrogens (tertiary/aromatic N) is 3. The Balaban J connectivity index is 2.21. The summed E-state index contributed by atoms with van der Waals surface area (Å²) in [7, 11) is 1.85. The van der Waals surface area contributed by atoms with Crippen LogP contribution in [0.3, 0.4) is 0 Å². The van der Waals surface area contributed by atoms with Crippen LogP contribution in [0.25, 0.3) is 0 Å². The van der Waals surface area contributed by atoms with E-state index >= 15 is 0 Å². The zero-order chi connectivity index (χ0) is 13.8. The summed E-state index contributed by atoms with van der Waals surface area (Å²) in [4.78, 5) is 0. The summed E-state index contributed by atoms with van der Waals surface area (Å²) in [5.74, 6) is 0.752. The van der Waals surface area contributed by atoms with Crippen molar-refractivity contribution in [3.8, 4) is 5.75 Å². The second-order valence-corrected chi connectivity index (χ2v) is 5.19. The van der Waals surface area contributed by atoms with Crippen LogP contribution in [-0.4, -0.2) is 21.6 Å². The highest BCUT2D eigenvalue weighted by molar-refractivity contribution is 9.10. The van der Waals surface area contributed by atoms with E-state index in [-0.39, 0.29) is 0 Å². The van der Waals surface area contributed by atoms with E-state index in [1.54, 1.807) is 10.9 Å². The van der Waals surface area contributed by atoms with Gasteiger partial charge in [-0.15, -0.1) is 5.10 Å². The fourth-order valence-electron chi connectivity index (χ4n) is 1.64. The molecule has 0 saturated heterocycles. The molecule has 0 unspecified atom stereocenters. The van der Waals surface area contributed by atoms with Crippen molar-refractivity contribution >= 4 is 33.2 Å². The number of ether oxygens (including phenoxy) is 1. The Kier molecular flexibility index (Phi) is 4.66. The topological polar surface area (TPSA) is 52.0 Å². The normalized spacial score (nSPS) is 10.5. The molecule has 2 aromatic rings. The van der Waals surface area contributed by atoms with Gasteiger partial charge in [0.25, 0.3) is 0 Å². The van der Waals surface area contributed by atoms with Gasteiger partial charge >= 0.3 is 0 Å². The van der Waals surface area contributed by atoms with E-state index in [1.165, 1.54) is 0 Å². The van der Waals surface area contributed by atoms with Crippen molar-refractivity contribution in [1.29, 1.82) is 0 Å². The zero-order valence-corrected chi connectivity index (χ0v) is 13.0. The molecule has 0 atom stereocenters. The highest BCUT2D eigenvalue weighted by Crippen LogP contribution is 2.36. The minimum atomic E-state index is 0.585. The molecule has 0 fully saturated rings. The molecule has 0 aliphatic carbocycles. The van der Waals surface area contributed by atoms with Crippen LogP contribution in [0.2, 0.25) is 5.02 Å². The lowest BCUT2D eigenvalue weighted by Crippen LogP contribution is -2.07. The molecular formula is C12H14BrClN4O. The Hall–Kier alpha value is -1.27. The van der Waals surface area contributed by atoms with Gasteiger partial charge in [-0.1, -0.05) is 16.8 Å². The lowest BCUT2D eigenvalue weighted by atomic mass is 10.3. The van der Waals surface area contributed by atoms with E-state index in [0.29, 0.717) is 18.2 Å². The van der Waals surface area contributed by atoms with Crippen molar-refractivity contribution in [3.05, 3.63) is 33.5 Å². The summed E-state index contributed by atoms with van der Waals surface area (Å²) in [5, 5.41) is 11.6. The molecule has 0 aliphatic rings. The lowest BCUT2D eigenvalue weighted by molar-refractivity contribution is 0.339. The van der Waals surface area contributed by atoms with Gasteiger partial charge in [-0.05, 0) is 35.0 Å². The molecule has 0 spiro atoms. The van der Waals surface area contributed by atoms with E-state index in [9.17, 15) is 0 Å². The number of halogens is 2. The second-order valence-electron chi connectivity index (χ2n) is 3.90. The smallest absolute Gasteiger partial charge is 0.156 e. The molecule has 2 rings (SSSR count). The minimum Gasteiger partial charge on any atom is -0.491 e. The van der Waals surface area contributed by atoms with E-state index in [1.807, 2.05) is 26.1 Å². The quantitative estimate of drug-likeness (QED) is 0.904. The van der Waals surface area contributed by atoms with Gasteiger partial charge in [-0.25, -0.2) is 0 Å². The van der Waals surface area contributed by atoms with Crippen LogP contribution in [0.5, 0.6) is 5.75 Å². The molecule has 0 bridgehead atoms. The van der Waals surface area contributed by atoms with Gasteiger partial charge in [-0.2, -0.15) is 0 Å². The molecule has 0 aliphatic heterocycles. The number of anilines is 1. The van der Waals surface area contributed by atoms with E-state index < -0.39 is 0 Å². The van der Waals surface area contributed by atoms with E-state index in [0.717, 1.165) is 21.6 Å². The first-order valence-electron chi connectivity index (χ1n) is 5.81. The standard InChI is InChI=1S/C12H14BrClN4O/c1-3-19-12-10(13)4-8(14)5-11(12)15-6-9-7-16-17-18(9)2/h4-5,7,15H,3,6H2,1-2H3. The average molecular weight is 346 g/mol. The summed E-state index contributed by atoms with van der Waals surface area (Å²) < 4.78 is 8.16. The summed E-state index contributed by atoms with van der Waals surface area (Å²) in [5.41, 5.74) is 1.81. The van der Waals surface area contributed by atoms with Crippen molar-refractivity contribution in [2.24, 2.45) is 7.05 Å². The first kappa shape index (κ1) is 14.1. The summed E-state index contributed by atoms with van der Waals surface area (Å²) >= 11 is 9.51. The van der Waals surface area contributed by atoms with Gasteiger partial charge in [-0.3, -0.25) is 4.68 Å². The van der Waals surface area contributed by atoms with Crippen LogP contribution >= 0.6 is 27.5 Å². The number of aromatic nitrogens is 3. The van der Waals surface area contributed by atoms with Gasteiger partial charge in [0.05, 0.1) is 35.2 Å². The first-order valence-corrected chi connectivity index (χ1v) is 6.98. The zero-order valence-electron chi connectivity index (χ0n) is 10.7. The first-order chi connectivity index (χ1) is 9.11. The maximum atomic E-state index is 6.06. The van der Waals surface area contributed by atoms with E-state index in [2.05, 4.69) is 31.6 Å². The predicted octanol–water partition coefficient (Wildman–Crippen LogP) is 3.24. The predicted molar refractivity (Wildman–Crippen MR) is 78.7 cm³/mol. The maximum absolute atomic E-state index is 6.06. The third-order valence-electron chi connectivity index (χ3n) is 2.57. The molecule has 1 aromatic carbocycles. The summed E-state index contributed by atoms with van der Waals surface area (Å²) in [6.45, 7) is 3.12. The average Bonchev–Trinajstić information content (AvgIpc) is 2.76. The SMILES string of the molecule is CCOc1c(Br)cc(Cl)cc1NCc1cnnn1C. The molecule has 0 saturated carbocycles. The molecule has 1 heterocycles. The van der Waals surface area contributed by atoms with Gasteiger partial charge in [0.1, 0.15) is 0 Å². The Bertz CT molecular complexity index is 573. The van der Waals surface area contributed by atoms with Crippen molar-refractivity contribution in [3.63, 3.8) is 0 Å². The number of aryl methyl sites for hydroxylation is 1. The molecule has 0 radical (unpaired) electrons. The molecule has 1 N–H and O–H groups in total. The van der Waals surface area contributed by atoms with E-state index in [4.69, 9.17) is 16.3 Å². The molecule has 19 heavy (non-hydrogen) atoms. The lowest BCUT2D eigenvalue weighted by Gasteiger charge is -2.14. The van der Waals surface area contributed by atoms with Crippen LogP contribution in [0.4, 0.5) is 5.69 Å². The van der Waals surface area contributed by atoms with Crippen LogP contribution in [0.15, 0.2) is 22.8 Å². The molecule has 0 amide bonds. The Morgan fingerprint density at radius 2 is 2.26 bits per heavy atom. The number of hydrogen-bond donors (Lipinski definition) is 1. The van der Waals surface area contributed by atoms with Gasteiger partial charge in [0, 0.05) is 12.1 Å².